The van der Waals surface area contributed by atoms with Crippen molar-refractivity contribution in [1.29, 1.82) is 0 Å². The summed E-state index contributed by atoms with van der Waals surface area (Å²) < 4.78 is 0. The summed E-state index contributed by atoms with van der Waals surface area (Å²) in [4.78, 5) is 0. The van der Waals surface area contributed by atoms with Gasteiger partial charge in [-0.05, 0) is 30.9 Å². The molecule has 1 aromatic carbocycles. The maximum atomic E-state index is 10.0. The number of benzene rings is 1. The van der Waals surface area contributed by atoms with Crippen LogP contribution < -0.4 is 0 Å². The van der Waals surface area contributed by atoms with Gasteiger partial charge in [-0.15, -0.1) is 0 Å². The zero-order chi connectivity index (χ0) is 11.9. The minimum Gasteiger partial charge on any atom is -0.392 e. The summed E-state index contributed by atoms with van der Waals surface area (Å²) in [6.07, 6.45) is 6.61. The van der Waals surface area contributed by atoms with Gasteiger partial charge in [0, 0.05) is 12.0 Å². The number of hydrogen-bond donors (Lipinski definition) is 1. The average molecular weight is 228 g/mol. The molecule has 1 unspecified atom stereocenters. The minimum absolute atomic E-state index is 0.230. The zero-order valence-electron chi connectivity index (χ0n) is 10.2. The second-order valence-electron chi connectivity index (χ2n) is 4.84. The molecule has 0 saturated heterocycles. The molecule has 0 bridgehead atoms. The highest BCUT2D eigenvalue weighted by atomic mass is 16.3. The number of hydrogen-bond acceptors (Lipinski definition) is 1. The predicted octanol–water partition coefficient (Wildman–Crippen LogP) is 3.37. The lowest BCUT2D eigenvalue weighted by atomic mass is 9.84. The molecule has 1 nitrogen and oxygen atoms in total. The van der Waals surface area contributed by atoms with Crippen molar-refractivity contribution < 1.29 is 5.11 Å². The van der Waals surface area contributed by atoms with Crippen LogP contribution in [0.2, 0.25) is 0 Å². The molecule has 1 N–H and O–H groups in total. The van der Waals surface area contributed by atoms with Crippen molar-refractivity contribution >= 4 is 0 Å². The van der Waals surface area contributed by atoms with Gasteiger partial charge in [-0.1, -0.05) is 49.3 Å². The summed E-state index contributed by atoms with van der Waals surface area (Å²) in [6, 6.07) is 9.96. The average Bonchev–Trinajstić information content (AvgIpc) is 2.41. The SMILES string of the molecule is OC(CC#Cc1ccccc1)C1CCCCC1. The van der Waals surface area contributed by atoms with E-state index in [0.717, 1.165) is 5.56 Å². The third-order valence-electron chi connectivity index (χ3n) is 3.51. The molecule has 0 aliphatic heterocycles. The van der Waals surface area contributed by atoms with Crippen LogP contribution in [0.3, 0.4) is 0 Å². The summed E-state index contributed by atoms with van der Waals surface area (Å²) in [5.41, 5.74) is 1.03. The number of aliphatic hydroxyl groups excluding tert-OH is 1. The van der Waals surface area contributed by atoms with Crippen molar-refractivity contribution in [1.82, 2.24) is 0 Å². The highest BCUT2D eigenvalue weighted by molar-refractivity contribution is 5.33. The Morgan fingerprint density at radius 2 is 1.82 bits per heavy atom. The zero-order valence-corrected chi connectivity index (χ0v) is 10.2. The van der Waals surface area contributed by atoms with Crippen LogP contribution in [0.15, 0.2) is 30.3 Å². The predicted molar refractivity (Wildman–Crippen MR) is 70.5 cm³/mol. The Bertz CT molecular complexity index is 379. The van der Waals surface area contributed by atoms with E-state index in [1.54, 1.807) is 0 Å². The van der Waals surface area contributed by atoms with Crippen molar-refractivity contribution in [2.75, 3.05) is 0 Å². The first-order valence-corrected chi connectivity index (χ1v) is 6.58. The van der Waals surface area contributed by atoms with E-state index >= 15 is 0 Å². The molecule has 0 heterocycles. The highest BCUT2D eigenvalue weighted by Gasteiger charge is 2.20. The molecule has 0 amide bonds. The molecule has 90 valence electrons. The Kier molecular flexibility index (Phi) is 4.64. The van der Waals surface area contributed by atoms with E-state index in [4.69, 9.17) is 0 Å². The molecule has 1 atom stereocenters. The molecule has 1 fully saturated rings. The van der Waals surface area contributed by atoms with Gasteiger partial charge in [0.25, 0.3) is 0 Å². The Labute approximate surface area is 104 Å². The van der Waals surface area contributed by atoms with Gasteiger partial charge in [-0.25, -0.2) is 0 Å². The molecular formula is C16H20O. The van der Waals surface area contributed by atoms with Crippen LogP contribution in [-0.2, 0) is 0 Å². The molecule has 1 heteroatoms. The van der Waals surface area contributed by atoms with Gasteiger partial charge in [-0.2, -0.15) is 0 Å². The van der Waals surface area contributed by atoms with Gasteiger partial charge in [0.2, 0.25) is 0 Å². The van der Waals surface area contributed by atoms with E-state index in [0.29, 0.717) is 12.3 Å². The first-order valence-electron chi connectivity index (χ1n) is 6.58. The normalized spacial score (nSPS) is 18.2. The summed E-state index contributed by atoms with van der Waals surface area (Å²) in [6.45, 7) is 0. The highest BCUT2D eigenvalue weighted by Crippen LogP contribution is 2.27. The first kappa shape index (κ1) is 12.2. The summed E-state index contributed by atoms with van der Waals surface area (Å²) >= 11 is 0. The van der Waals surface area contributed by atoms with Crippen molar-refractivity contribution in [3.05, 3.63) is 35.9 Å². The van der Waals surface area contributed by atoms with Crippen LogP contribution in [0, 0.1) is 17.8 Å². The molecule has 17 heavy (non-hydrogen) atoms. The van der Waals surface area contributed by atoms with Crippen LogP contribution in [-0.4, -0.2) is 11.2 Å². The van der Waals surface area contributed by atoms with Crippen LogP contribution in [0.25, 0.3) is 0 Å². The molecule has 0 radical (unpaired) electrons. The smallest absolute Gasteiger partial charge is 0.0677 e. The van der Waals surface area contributed by atoms with Gasteiger partial charge in [0.15, 0.2) is 0 Å². The lowest BCUT2D eigenvalue weighted by Crippen LogP contribution is -2.22. The second kappa shape index (κ2) is 6.47. The monoisotopic (exact) mass is 228 g/mol. The van der Waals surface area contributed by atoms with Crippen LogP contribution in [0.4, 0.5) is 0 Å². The Morgan fingerprint density at radius 3 is 2.53 bits per heavy atom. The van der Waals surface area contributed by atoms with Crippen LogP contribution in [0.5, 0.6) is 0 Å². The van der Waals surface area contributed by atoms with E-state index in [9.17, 15) is 5.11 Å². The molecule has 1 saturated carbocycles. The lowest BCUT2D eigenvalue weighted by molar-refractivity contribution is 0.0892. The molecule has 1 aliphatic carbocycles. The molecular weight excluding hydrogens is 208 g/mol. The fraction of sp³-hybridized carbons (Fsp3) is 0.500. The van der Waals surface area contributed by atoms with Crippen LogP contribution >= 0.6 is 0 Å². The van der Waals surface area contributed by atoms with E-state index < -0.39 is 0 Å². The second-order valence-corrected chi connectivity index (χ2v) is 4.84. The Morgan fingerprint density at radius 1 is 1.12 bits per heavy atom. The van der Waals surface area contributed by atoms with Gasteiger partial charge in [0.05, 0.1) is 6.10 Å². The summed E-state index contributed by atoms with van der Waals surface area (Å²) in [5.74, 6) is 6.68. The van der Waals surface area contributed by atoms with Crippen LogP contribution in [0.1, 0.15) is 44.1 Å². The number of aliphatic hydroxyl groups is 1. The molecule has 0 spiro atoms. The Balaban J connectivity index is 1.83. The van der Waals surface area contributed by atoms with Crippen molar-refractivity contribution in [2.24, 2.45) is 5.92 Å². The fourth-order valence-corrected chi connectivity index (χ4v) is 2.46. The first-order chi connectivity index (χ1) is 8.36. The standard InChI is InChI=1S/C16H20O/c17-16(15-11-5-2-6-12-15)13-7-10-14-8-3-1-4-9-14/h1,3-4,8-9,15-17H,2,5-6,11-13H2. The van der Waals surface area contributed by atoms with Crippen molar-refractivity contribution in [2.45, 2.75) is 44.6 Å². The minimum atomic E-state index is -0.230. The van der Waals surface area contributed by atoms with Crippen molar-refractivity contribution in [3.8, 4) is 11.8 Å². The maximum absolute atomic E-state index is 10.0. The van der Waals surface area contributed by atoms with E-state index in [1.807, 2.05) is 30.3 Å². The van der Waals surface area contributed by atoms with E-state index in [1.165, 1.54) is 32.1 Å². The Hall–Kier alpha value is -1.26. The van der Waals surface area contributed by atoms with Crippen molar-refractivity contribution in [3.63, 3.8) is 0 Å². The summed E-state index contributed by atoms with van der Waals surface area (Å²) in [7, 11) is 0. The van der Waals surface area contributed by atoms with Gasteiger partial charge < -0.3 is 5.11 Å². The molecule has 1 aliphatic rings. The van der Waals surface area contributed by atoms with E-state index in [-0.39, 0.29) is 6.10 Å². The van der Waals surface area contributed by atoms with Gasteiger partial charge in [0.1, 0.15) is 0 Å². The van der Waals surface area contributed by atoms with E-state index in [2.05, 4.69) is 11.8 Å². The largest absolute Gasteiger partial charge is 0.392 e. The lowest BCUT2D eigenvalue weighted by Gasteiger charge is -2.25. The number of rotatable bonds is 2. The van der Waals surface area contributed by atoms with Gasteiger partial charge in [-0.3, -0.25) is 0 Å². The topological polar surface area (TPSA) is 20.2 Å². The summed E-state index contributed by atoms with van der Waals surface area (Å²) in [5, 5.41) is 10.0. The molecule has 0 aromatic heterocycles. The third kappa shape index (κ3) is 3.91. The molecule has 2 rings (SSSR count). The molecule has 1 aromatic rings. The fourth-order valence-electron chi connectivity index (χ4n) is 2.46. The quantitative estimate of drug-likeness (QED) is 0.769. The maximum Gasteiger partial charge on any atom is 0.0677 e. The third-order valence-corrected chi connectivity index (χ3v) is 3.51. The van der Waals surface area contributed by atoms with Gasteiger partial charge >= 0.3 is 0 Å².